The molecule has 3 rings (SSSR count). The summed E-state index contributed by atoms with van der Waals surface area (Å²) in [5.74, 6) is -0.711. The smallest absolute Gasteiger partial charge is 0.270 e. The van der Waals surface area contributed by atoms with Gasteiger partial charge in [0.1, 0.15) is 11.6 Å². The maximum absolute atomic E-state index is 11.0. The minimum atomic E-state index is -0.700. The van der Waals surface area contributed by atoms with Crippen LogP contribution in [-0.2, 0) is 4.74 Å². The molecule has 2 N–H and O–H groups in total. The van der Waals surface area contributed by atoms with Crippen LogP contribution in [0.2, 0.25) is 0 Å². The maximum Gasteiger partial charge on any atom is 0.270 e. The highest BCUT2D eigenvalue weighted by Gasteiger charge is 2.33. The Labute approximate surface area is 149 Å². The number of nitriles is 2. The minimum absolute atomic E-state index is 0.113. The molecule has 7 heteroatoms. The number of hydrogen-bond donors (Lipinski definition) is 1. The summed E-state index contributed by atoms with van der Waals surface area (Å²) in [6.45, 7) is 0. The molecule has 2 aromatic rings. The second-order valence-corrected chi connectivity index (χ2v) is 5.50. The zero-order valence-corrected chi connectivity index (χ0v) is 13.4. The van der Waals surface area contributed by atoms with Crippen molar-refractivity contribution < 1.29 is 9.66 Å². The molecule has 1 heterocycles. The Morgan fingerprint density at radius 3 is 2.35 bits per heavy atom. The molecule has 0 aromatic heterocycles. The van der Waals surface area contributed by atoms with Gasteiger partial charge in [0.05, 0.1) is 22.5 Å². The Hall–Kier alpha value is -4.10. The summed E-state index contributed by atoms with van der Waals surface area (Å²) in [6, 6.07) is 18.8. The molecule has 26 heavy (non-hydrogen) atoms. The molecule has 0 radical (unpaired) electrons. The molecular formula is C19H12N4O3. The lowest BCUT2D eigenvalue weighted by Gasteiger charge is -2.26. The predicted octanol–water partition coefficient (Wildman–Crippen LogP) is 3.34. The van der Waals surface area contributed by atoms with Crippen molar-refractivity contribution in [1.82, 2.24) is 0 Å². The number of nitrogens with zero attached hydrogens (tertiary/aromatic N) is 3. The summed E-state index contributed by atoms with van der Waals surface area (Å²) < 4.78 is 5.54. The van der Waals surface area contributed by atoms with Gasteiger partial charge in [0.25, 0.3) is 5.69 Å². The lowest BCUT2D eigenvalue weighted by Crippen LogP contribution is -2.20. The van der Waals surface area contributed by atoms with E-state index in [0.717, 1.165) is 0 Å². The fourth-order valence-electron chi connectivity index (χ4n) is 2.83. The lowest BCUT2D eigenvalue weighted by atomic mass is 9.83. The monoisotopic (exact) mass is 344 g/mol. The Bertz CT molecular complexity index is 1030. The van der Waals surface area contributed by atoms with Crippen LogP contribution in [0.15, 0.2) is 71.6 Å². The van der Waals surface area contributed by atoms with E-state index in [4.69, 9.17) is 10.5 Å². The number of nitrogens with two attached hydrogens (primary N) is 1. The van der Waals surface area contributed by atoms with Crippen LogP contribution in [-0.4, -0.2) is 4.92 Å². The van der Waals surface area contributed by atoms with Gasteiger partial charge >= 0.3 is 0 Å². The Kier molecular flexibility index (Phi) is 4.38. The van der Waals surface area contributed by atoms with E-state index in [1.54, 1.807) is 30.3 Å². The zero-order chi connectivity index (χ0) is 18.7. The fourth-order valence-corrected chi connectivity index (χ4v) is 2.83. The van der Waals surface area contributed by atoms with Crippen LogP contribution in [0.5, 0.6) is 0 Å². The van der Waals surface area contributed by atoms with Gasteiger partial charge in [-0.1, -0.05) is 42.5 Å². The van der Waals surface area contributed by atoms with Gasteiger partial charge in [0.2, 0.25) is 5.88 Å². The third-order valence-electron chi connectivity index (χ3n) is 3.99. The first-order chi connectivity index (χ1) is 12.6. The number of non-ortho nitro benzene ring substituents is 1. The third-order valence-corrected chi connectivity index (χ3v) is 3.99. The topological polar surface area (TPSA) is 126 Å². The van der Waals surface area contributed by atoms with Gasteiger partial charge in [0.15, 0.2) is 5.76 Å². The Balaban J connectivity index is 2.23. The molecule has 1 aliphatic rings. The van der Waals surface area contributed by atoms with E-state index >= 15 is 0 Å². The summed E-state index contributed by atoms with van der Waals surface area (Å²) in [7, 11) is 0. The standard InChI is InChI=1S/C19H12N4O3/c20-10-15-17(12-5-2-1-3-6-12)16(11-21)19(22)26-18(15)13-7-4-8-14(9-13)23(24)25/h1-9,17H,22H2. The molecular weight excluding hydrogens is 332 g/mol. The second kappa shape index (κ2) is 6.80. The highest BCUT2D eigenvalue weighted by atomic mass is 16.6. The first kappa shape index (κ1) is 16.7. The van der Waals surface area contributed by atoms with E-state index in [9.17, 15) is 20.6 Å². The number of rotatable bonds is 3. The maximum atomic E-state index is 11.0. The van der Waals surface area contributed by atoms with E-state index in [1.807, 2.05) is 12.1 Å². The van der Waals surface area contributed by atoms with Crippen molar-refractivity contribution in [2.45, 2.75) is 5.92 Å². The van der Waals surface area contributed by atoms with E-state index in [1.165, 1.54) is 18.2 Å². The summed E-state index contributed by atoms with van der Waals surface area (Å²) >= 11 is 0. The molecule has 0 amide bonds. The second-order valence-electron chi connectivity index (χ2n) is 5.50. The number of nitro benzene ring substituents is 1. The van der Waals surface area contributed by atoms with Crippen LogP contribution in [0.1, 0.15) is 17.0 Å². The van der Waals surface area contributed by atoms with Crippen molar-refractivity contribution >= 4 is 11.4 Å². The highest BCUT2D eigenvalue weighted by Crippen LogP contribution is 2.42. The summed E-state index contributed by atoms with van der Waals surface area (Å²) in [4.78, 5) is 10.5. The van der Waals surface area contributed by atoms with Crippen molar-refractivity contribution in [3.8, 4) is 12.1 Å². The average Bonchev–Trinajstić information content (AvgIpc) is 2.67. The average molecular weight is 344 g/mol. The van der Waals surface area contributed by atoms with E-state index in [2.05, 4.69) is 6.07 Å². The molecule has 0 saturated heterocycles. The molecule has 2 aromatic carbocycles. The van der Waals surface area contributed by atoms with Crippen LogP contribution in [0.3, 0.4) is 0 Å². The number of ether oxygens (including phenoxy) is 1. The van der Waals surface area contributed by atoms with Gasteiger partial charge in [-0.25, -0.2) is 0 Å². The van der Waals surface area contributed by atoms with Gasteiger partial charge in [0, 0.05) is 17.7 Å². The van der Waals surface area contributed by atoms with Gasteiger partial charge in [-0.3, -0.25) is 10.1 Å². The van der Waals surface area contributed by atoms with Gasteiger partial charge in [-0.2, -0.15) is 10.5 Å². The number of benzene rings is 2. The van der Waals surface area contributed by atoms with Gasteiger partial charge < -0.3 is 10.5 Å². The van der Waals surface area contributed by atoms with Crippen molar-refractivity contribution in [2.75, 3.05) is 0 Å². The van der Waals surface area contributed by atoms with Crippen LogP contribution in [0.4, 0.5) is 5.69 Å². The van der Waals surface area contributed by atoms with Gasteiger partial charge in [-0.05, 0) is 5.56 Å². The molecule has 0 fully saturated rings. The Morgan fingerprint density at radius 2 is 1.73 bits per heavy atom. The third kappa shape index (κ3) is 2.85. The van der Waals surface area contributed by atoms with E-state index < -0.39 is 10.8 Å². The summed E-state index contributed by atoms with van der Waals surface area (Å²) in [6.07, 6.45) is 0. The minimum Gasteiger partial charge on any atom is -0.439 e. The lowest BCUT2D eigenvalue weighted by molar-refractivity contribution is -0.384. The van der Waals surface area contributed by atoms with Crippen LogP contribution >= 0.6 is 0 Å². The molecule has 1 aliphatic heterocycles. The van der Waals surface area contributed by atoms with Crippen molar-refractivity contribution in [2.24, 2.45) is 5.73 Å². The molecule has 1 atom stereocenters. The molecule has 1 unspecified atom stereocenters. The van der Waals surface area contributed by atoms with E-state index in [-0.39, 0.29) is 28.5 Å². The van der Waals surface area contributed by atoms with Crippen molar-refractivity contribution in [3.05, 3.63) is 92.9 Å². The molecule has 0 aliphatic carbocycles. The number of hydrogen-bond acceptors (Lipinski definition) is 6. The van der Waals surface area contributed by atoms with Crippen LogP contribution in [0, 0.1) is 32.8 Å². The predicted molar refractivity (Wildman–Crippen MR) is 92.7 cm³/mol. The SMILES string of the molecule is N#CC1=C(N)OC(c2cccc([N+](=O)[O-])c2)=C(C#N)C1c1ccccc1. The molecule has 7 nitrogen and oxygen atoms in total. The first-order valence-corrected chi connectivity index (χ1v) is 7.58. The largest absolute Gasteiger partial charge is 0.439 e. The summed E-state index contributed by atoms with van der Waals surface area (Å²) in [5.41, 5.74) is 7.12. The van der Waals surface area contributed by atoms with Gasteiger partial charge in [-0.15, -0.1) is 0 Å². The molecule has 0 spiro atoms. The van der Waals surface area contributed by atoms with Crippen LogP contribution < -0.4 is 5.73 Å². The normalized spacial score (nSPS) is 16.5. The number of nitro groups is 1. The molecule has 0 bridgehead atoms. The van der Waals surface area contributed by atoms with Crippen LogP contribution in [0.25, 0.3) is 5.76 Å². The summed E-state index contributed by atoms with van der Waals surface area (Å²) in [5, 5.41) is 30.3. The molecule has 126 valence electrons. The van der Waals surface area contributed by atoms with Crippen molar-refractivity contribution in [1.29, 1.82) is 10.5 Å². The number of allylic oxidation sites excluding steroid dienone is 2. The zero-order valence-electron chi connectivity index (χ0n) is 13.4. The van der Waals surface area contributed by atoms with Crippen molar-refractivity contribution in [3.63, 3.8) is 0 Å². The highest BCUT2D eigenvalue weighted by molar-refractivity contribution is 5.74. The first-order valence-electron chi connectivity index (χ1n) is 7.58. The molecule has 0 saturated carbocycles. The Morgan fingerprint density at radius 1 is 1.04 bits per heavy atom. The van der Waals surface area contributed by atoms with E-state index in [0.29, 0.717) is 11.1 Å². The quantitative estimate of drug-likeness (QED) is 0.672. The fraction of sp³-hybridized carbons (Fsp3) is 0.0526.